The minimum Gasteiger partial charge on any atom is -0.325 e. The highest BCUT2D eigenvalue weighted by molar-refractivity contribution is 5.11. The summed E-state index contributed by atoms with van der Waals surface area (Å²) in [5.41, 5.74) is 7.79. The molecule has 1 saturated carbocycles. The smallest absolute Gasteiger partial charge is 0.0547 e. The van der Waals surface area contributed by atoms with Gasteiger partial charge in [0.25, 0.3) is 0 Å². The van der Waals surface area contributed by atoms with Crippen LogP contribution in [-0.4, -0.2) is 22.5 Å². The molecule has 3 nitrogen and oxygen atoms in total. The molecule has 2 N–H and O–H groups in total. The molecule has 16 heavy (non-hydrogen) atoms. The third-order valence-corrected chi connectivity index (χ3v) is 3.96. The van der Waals surface area contributed by atoms with Gasteiger partial charge in [0.05, 0.1) is 11.4 Å². The summed E-state index contributed by atoms with van der Waals surface area (Å²) in [5, 5.41) is 0. The highest BCUT2D eigenvalue weighted by atomic mass is 15.2. The van der Waals surface area contributed by atoms with Crippen molar-refractivity contribution < 1.29 is 0 Å². The first-order valence-electron chi connectivity index (χ1n) is 6.24. The van der Waals surface area contributed by atoms with Gasteiger partial charge in [-0.1, -0.05) is 6.07 Å². The first-order chi connectivity index (χ1) is 7.85. The third kappa shape index (κ3) is 1.85. The summed E-state index contributed by atoms with van der Waals surface area (Å²) >= 11 is 0. The predicted molar refractivity (Wildman–Crippen MR) is 63.7 cm³/mol. The van der Waals surface area contributed by atoms with Gasteiger partial charge in [0.15, 0.2) is 0 Å². The molecule has 2 aliphatic rings. The van der Waals surface area contributed by atoms with E-state index in [4.69, 9.17) is 5.73 Å². The number of nitrogens with two attached hydrogens (primary N) is 1. The highest BCUT2D eigenvalue weighted by Crippen LogP contribution is 2.37. The second-order valence-corrected chi connectivity index (χ2v) is 5.09. The summed E-state index contributed by atoms with van der Waals surface area (Å²) in [4.78, 5) is 7.17. The molecule has 1 aromatic rings. The van der Waals surface area contributed by atoms with Gasteiger partial charge in [0, 0.05) is 25.7 Å². The van der Waals surface area contributed by atoms with E-state index in [1.807, 2.05) is 6.07 Å². The molecule has 1 aliphatic carbocycles. The first kappa shape index (κ1) is 10.2. The van der Waals surface area contributed by atoms with Crippen LogP contribution in [0, 0.1) is 5.92 Å². The number of aromatic nitrogens is 1. The fourth-order valence-corrected chi connectivity index (χ4v) is 3.16. The molecule has 0 aromatic carbocycles. The number of nitrogens with zero attached hydrogens (tertiary/aromatic N) is 2. The largest absolute Gasteiger partial charge is 0.325 e. The van der Waals surface area contributed by atoms with Crippen molar-refractivity contribution in [2.45, 2.75) is 38.4 Å². The average Bonchev–Trinajstić information content (AvgIpc) is 2.91. The zero-order valence-electron chi connectivity index (χ0n) is 9.60. The number of hydrogen-bond donors (Lipinski definition) is 1. The molecular formula is C13H19N3. The fraction of sp³-hybridized carbons (Fsp3) is 0.615. The van der Waals surface area contributed by atoms with Crippen LogP contribution in [0.1, 0.15) is 30.7 Å². The van der Waals surface area contributed by atoms with Crippen molar-refractivity contribution in [3.05, 3.63) is 29.6 Å². The molecule has 1 saturated heterocycles. The van der Waals surface area contributed by atoms with E-state index in [0.717, 1.165) is 24.2 Å². The van der Waals surface area contributed by atoms with Crippen molar-refractivity contribution in [3.8, 4) is 0 Å². The summed E-state index contributed by atoms with van der Waals surface area (Å²) in [6, 6.07) is 7.01. The lowest BCUT2D eigenvalue weighted by atomic mass is 10.1. The van der Waals surface area contributed by atoms with Crippen LogP contribution in [0.4, 0.5) is 0 Å². The van der Waals surface area contributed by atoms with Crippen LogP contribution in [0.2, 0.25) is 0 Å². The van der Waals surface area contributed by atoms with Crippen LogP contribution in [-0.2, 0) is 13.1 Å². The Balaban J connectivity index is 1.69. The molecule has 1 aliphatic heterocycles. The van der Waals surface area contributed by atoms with Gasteiger partial charge in [-0.3, -0.25) is 9.88 Å². The van der Waals surface area contributed by atoms with Gasteiger partial charge in [-0.15, -0.1) is 0 Å². The van der Waals surface area contributed by atoms with E-state index in [2.05, 4.69) is 22.0 Å². The van der Waals surface area contributed by atoms with E-state index < -0.39 is 0 Å². The Morgan fingerprint density at radius 3 is 2.88 bits per heavy atom. The standard InChI is InChI=1S/C13H19N3/c14-7-11-2-1-3-12(15-11)9-16-8-10-4-5-13(16)6-10/h1-3,10,13H,4-9,14H2. The molecule has 2 atom stereocenters. The van der Waals surface area contributed by atoms with Crippen molar-refractivity contribution in [2.24, 2.45) is 11.7 Å². The van der Waals surface area contributed by atoms with E-state index in [1.165, 1.54) is 31.5 Å². The number of hydrogen-bond acceptors (Lipinski definition) is 3. The van der Waals surface area contributed by atoms with Crippen molar-refractivity contribution in [1.29, 1.82) is 0 Å². The van der Waals surface area contributed by atoms with Gasteiger partial charge in [-0.2, -0.15) is 0 Å². The molecule has 2 heterocycles. The summed E-state index contributed by atoms with van der Waals surface area (Å²) in [6.45, 7) is 2.83. The average molecular weight is 217 g/mol. The van der Waals surface area contributed by atoms with Gasteiger partial charge in [-0.05, 0) is 37.3 Å². The van der Waals surface area contributed by atoms with Crippen LogP contribution in [0.15, 0.2) is 18.2 Å². The lowest BCUT2D eigenvalue weighted by molar-refractivity contribution is 0.203. The number of rotatable bonds is 3. The van der Waals surface area contributed by atoms with Crippen molar-refractivity contribution in [1.82, 2.24) is 9.88 Å². The molecule has 3 heteroatoms. The molecule has 2 unspecified atom stereocenters. The first-order valence-corrected chi connectivity index (χ1v) is 6.24. The molecule has 2 bridgehead atoms. The van der Waals surface area contributed by atoms with E-state index in [9.17, 15) is 0 Å². The maximum atomic E-state index is 5.61. The fourth-order valence-electron chi connectivity index (χ4n) is 3.16. The SMILES string of the molecule is NCc1cccc(CN2CC3CCC2C3)n1. The summed E-state index contributed by atoms with van der Waals surface area (Å²) in [6.07, 6.45) is 4.25. The van der Waals surface area contributed by atoms with Gasteiger partial charge >= 0.3 is 0 Å². The minimum absolute atomic E-state index is 0.542. The number of piperidine rings is 1. The van der Waals surface area contributed by atoms with Gasteiger partial charge in [0.1, 0.15) is 0 Å². The number of pyridine rings is 1. The van der Waals surface area contributed by atoms with E-state index in [1.54, 1.807) is 0 Å². The van der Waals surface area contributed by atoms with E-state index in [0.29, 0.717) is 6.54 Å². The lowest BCUT2D eigenvalue weighted by Crippen LogP contribution is -2.31. The predicted octanol–water partition coefficient (Wildman–Crippen LogP) is 1.52. The Hall–Kier alpha value is -0.930. The molecule has 3 rings (SSSR count). The van der Waals surface area contributed by atoms with Crippen molar-refractivity contribution in [3.63, 3.8) is 0 Å². The van der Waals surface area contributed by atoms with Crippen LogP contribution in [0.5, 0.6) is 0 Å². The zero-order chi connectivity index (χ0) is 11.0. The Kier molecular flexibility index (Phi) is 2.65. The molecule has 1 aromatic heterocycles. The number of likely N-dealkylation sites (tertiary alicyclic amines) is 1. The molecule has 0 amide bonds. The highest BCUT2D eigenvalue weighted by Gasteiger charge is 2.37. The van der Waals surface area contributed by atoms with Crippen molar-refractivity contribution in [2.75, 3.05) is 6.54 Å². The number of fused-ring (bicyclic) bond motifs is 2. The topological polar surface area (TPSA) is 42.1 Å². The molecule has 0 radical (unpaired) electrons. The minimum atomic E-state index is 0.542. The Morgan fingerprint density at radius 1 is 1.31 bits per heavy atom. The van der Waals surface area contributed by atoms with E-state index in [-0.39, 0.29) is 0 Å². The van der Waals surface area contributed by atoms with Gasteiger partial charge in [-0.25, -0.2) is 0 Å². The van der Waals surface area contributed by atoms with E-state index >= 15 is 0 Å². The molecule has 0 spiro atoms. The monoisotopic (exact) mass is 217 g/mol. The summed E-state index contributed by atoms with van der Waals surface area (Å²) < 4.78 is 0. The van der Waals surface area contributed by atoms with Crippen molar-refractivity contribution >= 4 is 0 Å². The Bertz CT molecular complexity index is 377. The second kappa shape index (κ2) is 4.15. The maximum absolute atomic E-state index is 5.61. The van der Waals surface area contributed by atoms with Gasteiger partial charge < -0.3 is 5.73 Å². The quantitative estimate of drug-likeness (QED) is 0.834. The Labute approximate surface area is 96.7 Å². The zero-order valence-corrected chi connectivity index (χ0v) is 9.60. The van der Waals surface area contributed by atoms with Gasteiger partial charge in [0.2, 0.25) is 0 Å². The van der Waals surface area contributed by atoms with Crippen LogP contribution >= 0.6 is 0 Å². The normalized spacial score (nSPS) is 28.8. The molecular weight excluding hydrogens is 198 g/mol. The van der Waals surface area contributed by atoms with Crippen LogP contribution in [0.25, 0.3) is 0 Å². The van der Waals surface area contributed by atoms with Crippen LogP contribution in [0.3, 0.4) is 0 Å². The third-order valence-electron chi connectivity index (χ3n) is 3.96. The lowest BCUT2D eigenvalue weighted by Gasteiger charge is -2.26. The molecule has 86 valence electrons. The maximum Gasteiger partial charge on any atom is 0.0547 e. The summed E-state index contributed by atoms with van der Waals surface area (Å²) in [7, 11) is 0. The summed E-state index contributed by atoms with van der Waals surface area (Å²) in [5.74, 6) is 0.961. The second-order valence-electron chi connectivity index (χ2n) is 5.09. The molecule has 2 fully saturated rings. The van der Waals surface area contributed by atoms with Crippen LogP contribution < -0.4 is 5.73 Å². The Morgan fingerprint density at radius 2 is 2.19 bits per heavy atom.